The molecular formula is C16H22F2O8. The van der Waals surface area contributed by atoms with E-state index in [-0.39, 0.29) is 38.1 Å². The Balaban J connectivity index is 2.87. The van der Waals surface area contributed by atoms with Gasteiger partial charge in [-0.25, -0.2) is 4.39 Å². The second kappa shape index (κ2) is 12.4. The van der Waals surface area contributed by atoms with Crippen LogP contribution >= 0.6 is 0 Å². The second-order valence-electron chi connectivity index (χ2n) is 4.89. The zero-order valence-electron chi connectivity index (χ0n) is 14.6. The van der Waals surface area contributed by atoms with Gasteiger partial charge in [-0.05, 0) is 6.07 Å². The smallest absolute Gasteiger partial charge is 0.307 e. The molecule has 0 amide bonds. The Kier molecular flexibility index (Phi) is 10.5. The van der Waals surface area contributed by atoms with Gasteiger partial charge in [0.15, 0.2) is 25.2 Å². The molecule has 0 aliphatic heterocycles. The summed E-state index contributed by atoms with van der Waals surface area (Å²) in [7, 11) is 2.98. The van der Waals surface area contributed by atoms with E-state index in [1.807, 2.05) is 0 Å². The summed E-state index contributed by atoms with van der Waals surface area (Å²) in [5.41, 5.74) is -0.380. The Bertz CT molecular complexity index is 568. The lowest BCUT2D eigenvalue weighted by Gasteiger charge is -2.16. The first kappa shape index (κ1) is 22.0. The summed E-state index contributed by atoms with van der Waals surface area (Å²) >= 11 is 0. The molecule has 0 unspecified atom stereocenters. The minimum absolute atomic E-state index is 0.189. The quantitative estimate of drug-likeness (QED) is 0.384. The number of halogens is 2. The highest BCUT2D eigenvalue weighted by molar-refractivity contribution is 5.70. The van der Waals surface area contributed by atoms with Crippen molar-refractivity contribution in [2.45, 2.75) is 6.42 Å². The maximum Gasteiger partial charge on any atom is 0.307 e. The maximum absolute atomic E-state index is 14.3. The summed E-state index contributed by atoms with van der Waals surface area (Å²) in [6, 6.07) is 1.05. The van der Waals surface area contributed by atoms with Crippen LogP contribution in [0.1, 0.15) is 5.56 Å². The molecule has 148 valence electrons. The van der Waals surface area contributed by atoms with Gasteiger partial charge >= 0.3 is 5.97 Å². The predicted molar refractivity (Wildman–Crippen MR) is 84.3 cm³/mol. The number of rotatable bonds is 14. The lowest BCUT2D eigenvalue weighted by atomic mass is 10.1. The Morgan fingerprint density at radius 1 is 0.962 bits per heavy atom. The molecule has 26 heavy (non-hydrogen) atoms. The van der Waals surface area contributed by atoms with Gasteiger partial charge in [-0.15, -0.1) is 0 Å². The van der Waals surface area contributed by atoms with E-state index in [9.17, 15) is 13.6 Å². The number of benzene rings is 1. The highest BCUT2D eigenvalue weighted by Crippen LogP contribution is 2.34. The van der Waals surface area contributed by atoms with Crippen LogP contribution in [0.5, 0.6) is 11.5 Å². The van der Waals surface area contributed by atoms with Crippen molar-refractivity contribution < 1.29 is 47.1 Å². The lowest BCUT2D eigenvalue weighted by Crippen LogP contribution is -2.13. The first-order chi connectivity index (χ1) is 12.5. The van der Waals surface area contributed by atoms with Gasteiger partial charge in [0.1, 0.15) is 0 Å². The Morgan fingerprint density at radius 2 is 1.54 bits per heavy atom. The number of aliphatic carboxylic acids is 1. The van der Waals surface area contributed by atoms with Crippen molar-refractivity contribution in [3.05, 3.63) is 23.3 Å². The molecule has 0 aliphatic rings. The third kappa shape index (κ3) is 7.48. The summed E-state index contributed by atoms with van der Waals surface area (Å²) in [4.78, 5) is 10.8. The molecule has 0 aliphatic carbocycles. The molecule has 0 heterocycles. The zero-order chi connectivity index (χ0) is 19.4. The zero-order valence-corrected chi connectivity index (χ0v) is 14.6. The van der Waals surface area contributed by atoms with Gasteiger partial charge in [0, 0.05) is 19.8 Å². The van der Waals surface area contributed by atoms with E-state index >= 15 is 0 Å². The van der Waals surface area contributed by atoms with E-state index in [4.69, 9.17) is 33.5 Å². The van der Waals surface area contributed by atoms with Crippen LogP contribution in [-0.2, 0) is 30.2 Å². The number of hydrogen-bond acceptors (Lipinski definition) is 7. The largest absolute Gasteiger partial charge is 0.481 e. The maximum atomic E-state index is 14.3. The molecular weight excluding hydrogens is 358 g/mol. The van der Waals surface area contributed by atoms with Gasteiger partial charge in [0.05, 0.1) is 32.8 Å². The highest BCUT2D eigenvalue weighted by atomic mass is 19.2. The van der Waals surface area contributed by atoms with Crippen molar-refractivity contribution in [2.75, 3.05) is 54.2 Å². The van der Waals surface area contributed by atoms with Crippen LogP contribution < -0.4 is 9.47 Å². The van der Waals surface area contributed by atoms with E-state index in [0.717, 1.165) is 6.07 Å². The fourth-order valence-corrected chi connectivity index (χ4v) is 1.78. The molecule has 1 N–H and O–H groups in total. The van der Waals surface area contributed by atoms with Crippen molar-refractivity contribution in [1.29, 1.82) is 0 Å². The van der Waals surface area contributed by atoms with Gasteiger partial charge in [-0.2, -0.15) is 4.39 Å². The standard InChI is InChI=1S/C16H22F2O8/c1-21-3-5-23-9-25-12-7-11(8-13(19)20)14(17)15(18)16(12)26-10-24-6-4-22-2/h7H,3-6,8-10H2,1-2H3,(H,19,20). The van der Waals surface area contributed by atoms with Crippen LogP contribution in [0.25, 0.3) is 0 Å². The summed E-state index contributed by atoms with van der Waals surface area (Å²) < 4.78 is 58.3. The third-order valence-corrected chi connectivity index (χ3v) is 2.99. The number of ether oxygens (including phenoxy) is 6. The van der Waals surface area contributed by atoms with E-state index in [0.29, 0.717) is 13.2 Å². The first-order valence-electron chi connectivity index (χ1n) is 7.62. The van der Waals surface area contributed by atoms with Gasteiger partial charge in [0.25, 0.3) is 0 Å². The summed E-state index contributed by atoms with van der Waals surface area (Å²) in [6.07, 6.45) is -0.714. The Labute approximate surface area is 149 Å². The molecule has 10 heteroatoms. The molecule has 1 rings (SSSR count). The molecule has 0 saturated carbocycles. The van der Waals surface area contributed by atoms with Gasteiger partial charge in [-0.3, -0.25) is 4.79 Å². The van der Waals surface area contributed by atoms with Crippen LogP contribution in [0.2, 0.25) is 0 Å². The normalized spacial score (nSPS) is 10.8. The first-order valence-corrected chi connectivity index (χ1v) is 7.62. The summed E-state index contributed by atoms with van der Waals surface area (Å²) in [5, 5.41) is 8.81. The van der Waals surface area contributed by atoms with Crippen LogP contribution in [0.4, 0.5) is 8.78 Å². The van der Waals surface area contributed by atoms with Crippen molar-refractivity contribution in [3.63, 3.8) is 0 Å². The van der Waals surface area contributed by atoms with Crippen LogP contribution in [0, 0.1) is 11.6 Å². The van der Waals surface area contributed by atoms with E-state index in [1.165, 1.54) is 14.2 Å². The van der Waals surface area contributed by atoms with E-state index in [1.54, 1.807) is 0 Å². The SMILES string of the molecule is COCCOCOc1cc(CC(=O)O)c(F)c(F)c1OCOCCOC. The van der Waals surface area contributed by atoms with Gasteiger partial charge < -0.3 is 33.5 Å². The third-order valence-electron chi connectivity index (χ3n) is 2.99. The number of hydrogen-bond donors (Lipinski definition) is 1. The molecule has 0 atom stereocenters. The fourth-order valence-electron chi connectivity index (χ4n) is 1.78. The van der Waals surface area contributed by atoms with Crippen LogP contribution in [0.3, 0.4) is 0 Å². The average Bonchev–Trinajstić information content (AvgIpc) is 2.60. The molecule has 0 saturated heterocycles. The Hall–Kier alpha value is -2.01. The lowest BCUT2D eigenvalue weighted by molar-refractivity contribution is -0.136. The molecule has 0 spiro atoms. The molecule has 0 aromatic heterocycles. The predicted octanol–water partition coefficient (Wildman–Crippen LogP) is 1.59. The molecule has 0 fully saturated rings. The van der Waals surface area contributed by atoms with E-state index in [2.05, 4.69) is 0 Å². The summed E-state index contributed by atoms with van der Waals surface area (Å²) in [5.74, 6) is -4.75. The van der Waals surface area contributed by atoms with Gasteiger partial charge in [-0.1, -0.05) is 0 Å². The van der Waals surface area contributed by atoms with Crippen molar-refractivity contribution in [1.82, 2.24) is 0 Å². The van der Waals surface area contributed by atoms with Gasteiger partial charge in [0.2, 0.25) is 11.6 Å². The van der Waals surface area contributed by atoms with Crippen molar-refractivity contribution >= 4 is 5.97 Å². The van der Waals surface area contributed by atoms with Crippen LogP contribution in [0.15, 0.2) is 6.07 Å². The monoisotopic (exact) mass is 380 g/mol. The van der Waals surface area contributed by atoms with E-state index < -0.39 is 29.8 Å². The second-order valence-corrected chi connectivity index (χ2v) is 4.89. The van der Waals surface area contributed by atoms with Crippen LogP contribution in [-0.4, -0.2) is 65.3 Å². The number of carboxylic acid groups (broad SMARTS) is 1. The number of carbonyl (C=O) groups is 1. The van der Waals surface area contributed by atoms with Crippen molar-refractivity contribution in [3.8, 4) is 11.5 Å². The number of methoxy groups -OCH3 is 2. The molecule has 1 aromatic carbocycles. The molecule has 1 aromatic rings. The Morgan fingerprint density at radius 3 is 2.08 bits per heavy atom. The number of carboxylic acids is 1. The van der Waals surface area contributed by atoms with Crippen molar-refractivity contribution in [2.24, 2.45) is 0 Å². The minimum Gasteiger partial charge on any atom is -0.481 e. The fraction of sp³-hybridized carbons (Fsp3) is 0.562. The molecule has 0 radical (unpaired) electrons. The average molecular weight is 380 g/mol. The molecule has 0 bridgehead atoms. The summed E-state index contributed by atoms with van der Waals surface area (Å²) in [6.45, 7) is 0.365. The minimum atomic E-state index is -1.37. The molecule has 8 nitrogen and oxygen atoms in total. The topological polar surface area (TPSA) is 92.7 Å². The highest BCUT2D eigenvalue weighted by Gasteiger charge is 2.22.